The van der Waals surface area contributed by atoms with Gasteiger partial charge in [-0.2, -0.15) is 0 Å². The standard InChI is InChI=1S/C16H19N3O3S/c1-22-9-8-17-11-15(20)18-12-5-2-3-6-13(12)19-16(21)14-7-4-10-23-14/h2-7,10,17H,8-9,11H2,1H3,(H,18,20)(H,19,21). The summed E-state index contributed by atoms with van der Waals surface area (Å²) >= 11 is 1.36. The molecule has 3 N–H and O–H groups in total. The summed E-state index contributed by atoms with van der Waals surface area (Å²) in [4.78, 5) is 24.7. The van der Waals surface area contributed by atoms with Gasteiger partial charge in [0.1, 0.15) is 0 Å². The summed E-state index contributed by atoms with van der Waals surface area (Å²) in [6.07, 6.45) is 0. The van der Waals surface area contributed by atoms with E-state index >= 15 is 0 Å². The van der Waals surface area contributed by atoms with Gasteiger partial charge in [0, 0.05) is 13.7 Å². The number of ether oxygens (including phenoxy) is 1. The number of benzene rings is 1. The van der Waals surface area contributed by atoms with Crippen LogP contribution in [0.2, 0.25) is 0 Å². The van der Waals surface area contributed by atoms with Crippen LogP contribution < -0.4 is 16.0 Å². The molecule has 0 aliphatic heterocycles. The van der Waals surface area contributed by atoms with E-state index in [1.807, 2.05) is 11.4 Å². The van der Waals surface area contributed by atoms with Crippen LogP contribution in [0.1, 0.15) is 9.67 Å². The van der Waals surface area contributed by atoms with Crippen LogP contribution in [0.25, 0.3) is 0 Å². The van der Waals surface area contributed by atoms with Crippen LogP contribution in [0, 0.1) is 0 Å². The van der Waals surface area contributed by atoms with Crippen molar-refractivity contribution in [2.24, 2.45) is 0 Å². The van der Waals surface area contributed by atoms with Crippen molar-refractivity contribution >= 4 is 34.5 Å². The molecule has 2 aromatic rings. The van der Waals surface area contributed by atoms with Gasteiger partial charge in [-0.1, -0.05) is 18.2 Å². The topological polar surface area (TPSA) is 79.5 Å². The van der Waals surface area contributed by atoms with Crippen LogP contribution in [0.5, 0.6) is 0 Å². The van der Waals surface area contributed by atoms with E-state index in [-0.39, 0.29) is 18.4 Å². The molecule has 1 aromatic heterocycles. The van der Waals surface area contributed by atoms with E-state index in [0.29, 0.717) is 29.4 Å². The average Bonchev–Trinajstić information content (AvgIpc) is 3.08. The Balaban J connectivity index is 1.94. The second-order valence-corrected chi connectivity index (χ2v) is 5.64. The maximum atomic E-state index is 12.1. The monoisotopic (exact) mass is 333 g/mol. The van der Waals surface area contributed by atoms with Gasteiger partial charge in [-0.25, -0.2) is 0 Å². The molecule has 6 nitrogen and oxygen atoms in total. The van der Waals surface area contributed by atoms with Crippen LogP contribution in [-0.2, 0) is 9.53 Å². The maximum Gasteiger partial charge on any atom is 0.265 e. The lowest BCUT2D eigenvalue weighted by Gasteiger charge is -2.12. The van der Waals surface area contributed by atoms with Gasteiger partial charge in [-0.3, -0.25) is 9.59 Å². The third-order valence-corrected chi connectivity index (χ3v) is 3.83. The van der Waals surface area contributed by atoms with E-state index in [1.165, 1.54) is 11.3 Å². The van der Waals surface area contributed by atoms with Gasteiger partial charge in [-0.05, 0) is 23.6 Å². The Morgan fingerprint density at radius 2 is 1.83 bits per heavy atom. The van der Waals surface area contributed by atoms with E-state index in [9.17, 15) is 9.59 Å². The Morgan fingerprint density at radius 3 is 2.48 bits per heavy atom. The number of nitrogens with one attached hydrogen (secondary N) is 3. The molecule has 0 spiro atoms. The van der Waals surface area contributed by atoms with Gasteiger partial charge in [0.2, 0.25) is 5.91 Å². The van der Waals surface area contributed by atoms with Crippen molar-refractivity contribution in [3.05, 3.63) is 46.7 Å². The third-order valence-electron chi connectivity index (χ3n) is 2.96. The molecule has 0 saturated carbocycles. The second kappa shape index (κ2) is 9.04. The van der Waals surface area contributed by atoms with Crippen molar-refractivity contribution < 1.29 is 14.3 Å². The first-order valence-corrected chi connectivity index (χ1v) is 8.02. The average molecular weight is 333 g/mol. The Hall–Kier alpha value is -2.22. The fraction of sp³-hybridized carbons (Fsp3) is 0.250. The minimum Gasteiger partial charge on any atom is -0.383 e. The number of carbonyl (C=O) groups excluding carboxylic acids is 2. The zero-order valence-corrected chi connectivity index (χ0v) is 13.6. The highest BCUT2D eigenvalue weighted by atomic mass is 32.1. The second-order valence-electron chi connectivity index (χ2n) is 4.69. The molecule has 0 radical (unpaired) electrons. The molecule has 7 heteroatoms. The molecule has 2 amide bonds. The van der Waals surface area contributed by atoms with E-state index in [1.54, 1.807) is 37.4 Å². The number of para-hydroxylation sites is 2. The summed E-state index contributed by atoms with van der Waals surface area (Å²) in [6, 6.07) is 10.7. The van der Waals surface area contributed by atoms with Gasteiger partial charge < -0.3 is 20.7 Å². The number of anilines is 2. The quantitative estimate of drug-likeness (QED) is 0.647. The molecule has 2 rings (SSSR count). The number of carbonyl (C=O) groups is 2. The zero-order chi connectivity index (χ0) is 16.5. The van der Waals surface area contributed by atoms with Crippen molar-refractivity contribution in [3.8, 4) is 0 Å². The SMILES string of the molecule is COCCNCC(=O)Nc1ccccc1NC(=O)c1cccs1. The summed E-state index contributed by atoms with van der Waals surface area (Å²) in [5.74, 6) is -0.376. The minimum atomic E-state index is -0.195. The maximum absolute atomic E-state index is 12.1. The molecular weight excluding hydrogens is 314 g/mol. The first-order chi connectivity index (χ1) is 11.2. The molecule has 0 saturated heterocycles. The van der Waals surface area contributed by atoms with E-state index in [4.69, 9.17) is 4.74 Å². The molecule has 0 atom stereocenters. The van der Waals surface area contributed by atoms with Crippen molar-refractivity contribution in [3.63, 3.8) is 0 Å². The van der Waals surface area contributed by atoms with E-state index in [2.05, 4.69) is 16.0 Å². The molecule has 0 unspecified atom stereocenters. The number of rotatable bonds is 8. The lowest BCUT2D eigenvalue weighted by Crippen LogP contribution is -2.30. The summed E-state index contributed by atoms with van der Waals surface area (Å²) in [5.41, 5.74) is 1.13. The number of hydrogen-bond donors (Lipinski definition) is 3. The van der Waals surface area contributed by atoms with Crippen molar-refractivity contribution in [2.45, 2.75) is 0 Å². The summed E-state index contributed by atoms with van der Waals surface area (Å²) in [5, 5.41) is 10.4. The summed E-state index contributed by atoms with van der Waals surface area (Å²) in [7, 11) is 1.61. The molecule has 122 valence electrons. The third kappa shape index (κ3) is 5.48. The first kappa shape index (κ1) is 17.1. The van der Waals surface area contributed by atoms with Gasteiger partial charge in [0.05, 0.1) is 29.4 Å². The molecule has 0 aliphatic carbocycles. The summed E-state index contributed by atoms with van der Waals surface area (Å²) in [6.45, 7) is 1.32. The zero-order valence-electron chi connectivity index (χ0n) is 12.8. The molecule has 0 fully saturated rings. The van der Waals surface area contributed by atoms with Crippen molar-refractivity contribution in [1.82, 2.24) is 5.32 Å². The molecule has 1 aromatic carbocycles. The van der Waals surface area contributed by atoms with Crippen LogP contribution >= 0.6 is 11.3 Å². The highest BCUT2D eigenvalue weighted by molar-refractivity contribution is 7.12. The van der Waals surface area contributed by atoms with Gasteiger partial charge in [0.25, 0.3) is 5.91 Å². The number of methoxy groups -OCH3 is 1. The highest BCUT2D eigenvalue weighted by Crippen LogP contribution is 2.22. The van der Waals surface area contributed by atoms with Gasteiger partial charge >= 0.3 is 0 Å². The lowest BCUT2D eigenvalue weighted by atomic mass is 10.2. The predicted molar refractivity (Wildman–Crippen MR) is 92.1 cm³/mol. The van der Waals surface area contributed by atoms with Gasteiger partial charge in [-0.15, -0.1) is 11.3 Å². The smallest absolute Gasteiger partial charge is 0.265 e. The van der Waals surface area contributed by atoms with Crippen LogP contribution in [0.4, 0.5) is 11.4 Å². The number of thiophene rings is 1. The Labute approximate surface area is 138 Å². The summed E-state index contributed by atoms with van der Waals surface area (Å²) < 4.78 is 4.90. The fourth-order valence-corrected chi connectivity index (χ4v) is 2.48. The fourth-order valence-electron chi connectivity index (χ4n) is 1.86. The minimum absolute atomic E-state index is 0.177. The van der Waals surface area contributed by atoms with E-state index < -0.39 is 0 Å². The highest BCUT2D eigenvalue weighted by Gasteiger charge is 2.11. The van der Waals surface area contributed by atoms with Crippen LogP contribution in [-0.4, -0.2) is 38.6 Å². The Kier molecular flexibility index (Phi) is 6.74. The van der Waals surface area contributed by atoms with E-state index in [0.717, 1.165) is 0 Å². The lowest BCUT2D eigenvalue weighted by molar-refractivity contribution is -0.115. The largest absolute Gasteiger partial charge is 0.383 e. The predicted octanol–water partition coefficient (Wildman–Crippen LogP) is 2.17. The Bertz CT molecular complexity index is 644. The van der Waals surface area contributed by atoms with Crippen molar-refractivity contribution in [1.29, 1.82) is 0 Å². The molecular formula is C16H19N3O3S. The molecule has 23 heavy (non-hydrogen) atoms. The van der Waals surface area contributed by atoms with Gasteiger partial charge in [0.15, 0.2) is 0 Å². The molecule has 1 heterocycles. The van der Waals surface area contributed by atoms with Crippen LogP contribution in [0.3, 0.4) is 0 Å². The Morgan fingerprint density at radius 1 is 1.09 bits per heavy atom. The van der Waals surface area contributed by atoms with Crippen LogP contribution in [0.15, 0.2) is 41.8 Å². The molecule has 0 aliphatic rings. The van der Waals surface area contributed by atoms with Crippen molar-refractivity contribution in [2.75, 3.05) is 37.4 Å². The normalized spacial score (nSPS) is 10.3. The first-order valence-electron chi connectivity index (χ1n) is 7.14. The molecule has 0 bridgehead atoms. The number of hydrogen-bond acceptors (Lipinski definition) is 5. The number of amides is 2.